The van der Waals surface area contributed by atoms with Crippen LogP contribution in [-0.2, 0) is 4.79 Å². The monoisotopic (exact) mass is 270 g/mol. The molecule has 1 saturated carbocycles. The van der Waals surface area contributed by atoms with Crippen LogP contribution in [0.2, 0.25) is 0 Å². The van der Waals surface area contributed by atoms with Gasteiger partial charge in [0.05, 0.1) is 0 Å². The molecule has 3 unspecified atom stereocenters. The largest absolute Gasteiger partial charge is 0.396 e. The molecule has 1 amide bonds. The van der Waals surface area contributed by atoms with Crippen molar-refractivity contribution in [2.75, 3.05) is 19.7 Å². The van der Waals surface area contributed by atoms with E-state index < -0.39 is 0 Å². The van der Waals surface area contributed by atoms with Crippen LogP contribution >= 0.6 is 0 Å². The van der Waals surface area contributed by atoms with Crippen LogP contribution in [0, 0.1) is 17.3 Å². The van der Waals surface area contributed by atoms with Crippen LogP contribution in [0.3, 0.4) is 0 Å². The molecule has 1 aliphatic carbocycles. The summed E-state index contributed by atoms with van der Waals surface area (Å²) in [6.07, 6.45) is 2.47. The van der Waals surface area contributed by atoms with Crippen LogP contribution in [0.1, 0.15) is 47.0 Å². The minimum Gasteiger partial charge on any atom is -0.396 e. The zero-order chi connectivity index (χ0) is 14.6. The van der Waals surface area contributed by atoms with E-state index in [1.54, 1.807) is 0 Å². The lowest BCUT2D eigenvalue weighted by molar-refractivity contribution is -0.143. The number of carbonyl (C=O) groups is 1. The van der Waals surface area contributed by atoms with Crippen molar-refractivity contribution < 1.29 is 9.90 Å². The van der Waals surface area contributed by atoms with Crippen LogP contribution in [0.4, 0.5) is 0 Å². The second-order valence-electron chi connectivity index (χ2n) is 6.40. The van der Waals surface area contributed by atoms with Crippen molar-refractivity contribution in [1.82, 2.24) is 4.90 Å². The second kappa shape index (κ2) is 6.71. The highest BCUT2D eigenvalue weighted by molar-refractivity contribution is 5.79. The second-order valence-corrected chi connectivity index (χ2v) is 6.40. The molecular weight excluding hydrogens is 240 g/mol. The van der Waals surface area contributed by atoms with Gasteiger partial charge in [-0.1, -0.05) is 20.8 Å². The molecule has 4 nitrogen and oxygen atoms in total. The summed E-state index contributed by atoms with van der Waals surface area (Å²) in [6, 6.07) is 0.201. The number of rotatable bonds is 5. The predicted octanol–water partition coefficient (Wildman–Crippen LogP) is 1.62. The van der Waals surface area contributed by atoms with Gasteiger partial charge in [-0.15, -0.1) is 0 Å². The summed E-state index contributed by atoms with van der Waals surface area (Å²) in [4.78, 5) is 14.6. The van der Waals surface area contributed by atoms with E-state index in [0.29, 0.717) is 25.4 Å². The Morgan fingerprint density at radius 1 is 1.42 bits per heavy atom. The molecule has 0 spiro atoms. The van der Waals surface area contributed by atoms with E-state index in [0.717, 1.165) is 12.8 Å². The molecule has 0 bridgehead atoms. The van der Waals surface area contributed by atoms with Crippen LogP contribution in [0.5, 0.6) is 0 Å². The number of amides is 1. The zero-order valence-corrected chi connectivity index (χ0v) is 12.9. The molecule has 1 fully saturated rings. The molecule has 112 valence electrons. The van der Waals surface area contributed by atoms with E-state index in [1.165, 1.54) is 0 Å². The lowest BCUT2D eigenvalue weighted by Crippen LogP contribution is -2.52. The third-order valence-corrected chi connectivity index (χ3v) is 5.08. The van der Waals surface area contributed by atoms with Gasteiger partial charge in [0, 0.05) is 31.7 Å². The van der Waals surface area contributed by atoms with Crippen LogP contribution in [-0.4, -0.2) is 41.7 Å². The van der Waals surface area contributed by atoms with Crippen LogP contribution in [0.15, 0.2) is 0 Å². The van der Waals surface area contributed by atoms with Gasteiger partial charge in [-0.3, -0.25) is 4.79 Å². The molecule has 0 aromatic rings. The van der Waals surface area contributed by atoms with Gasteiger partial charge in [0.15, 0.2) is 0 Å². The van der Waals surface area contributed by atoms with Crippen molar-refractivity contribution in [3.63, 3.8) is 0 Å². The summed E-state index contributed by atoms with van der Waals surface area (Å²) in [5.41, 5.74) is 6.09. The first-order chi connectivity index (χ1) is 8.86. The summed E-state index contributed by atoms with van der Waals surface area (Å²) in [7, 11) is 0. The standard InChI is InChI=1S/C15H30N2O2/c1-5-17(9-6-10-18)14(19)12-7-8-13(16)11(2)15(12,3)4/h11-13,18H,5-10,16H2,1-4H3. The highest BCUT2D eigenvalue weighted by Gasteiger charge is 2.45. The first kappa shape index (κ1) is 16.4. The minimum atomic E-state index is -0.0542. The number of aliphatic hydroxyl groups excluding tert-OH is 1. The average molecular weight is 270 g/mol. The number of nitrogens with zero attached hydrogens (tertiary/aromatic N) is 1. The minimum absolute atomic E-state index is 0.0542. The first-order valence-corrected chi connectivity index (χ1v) is 7.51. The number of hydrogen-bond donors (Lipinski definition) is 2. The molecule has 0 aliphatic heterocycles. The zero-order valence-electron chi connectivity index (χ0n) is 12.9. The van der Waals surface area contributed by atoms with Crippen molar-refractivity contribution in [1.29, 1.82) is 0 Å². The molecule has 0 aromatic heterocycles. The molecule has 1 rings (SSSR count). The Bertz CT molecular complexity index is 305. The molecule has 3 atom stereocenters. The Kier molecular flexibility index (Phi) is 5.81. The highest BCUT2D eigenvalue weighted by Crippen LogP contribution is 2.45. The number of aliphatic hydroxyl groups is 1. The van der Waals surface area contributed by atoms with Gasteiger partial charge in [0.25, 0.3) is 0 Å². The third-order valence-electron chi connectivity index (χ3n) is 5.08. The predicted molar refractivity (Wildman–Crippen MR) is 77.6 cm³/mol. The SMILES string of the molecule is CCN(CCCO)C(=O)C1CCC(N)C(C)C1(C)C. The molecule has 4 heteroatoms. The molecule has 19 heavy (non-hydrogen) atoms. The van der Waals surface area contributed by atoms with E-state index >= 15 is 0 Å². The van der Waals surface area contributed by atoms with Gasteiger partial charge in [0.1, 0.15) is 0 Å². The number of nitrogens with two attached hydrogens (primary N) is 1. The van der Waals surface area contributed by atoms with Gasteiger partial charge in [-0.25, -0.2) is 0 Å². The lowest BCUT2D eigenvalue weighted by atomic mass is 9.60. The van der Waals surface area contributed by atoms with Gasteiger partial charge >= 0.3 is 0 Å². The quantitative estimate of drug-likeness (QED) is 0.797. The Morgan fingerprint density at radius 3 is 2.58 bits per heavy atom. The summed E-state index contributed by atoms with van der Waals surface area (Å²) < 4.78 is 0. The molecule has 0 aromatic carbocycles. The van der Waals surface area contributed by atoms with E-state index in [2.05, 4.69) is 20.8 Å². The molecule has 3 N–H and O–H groups in total. The average Bonchev–Trinajstić information content (AvgIpc) is 2.37. The molecule has 0 saturated heterocycles. The Morgan fingerprint density at radius 2 is 2.05 bits per heavy atom. The third kappa shape index (κ3) is 3.48. The fourth-order valence-corrected chi connectivity index (χ4v) is 3.20. The maximum Gasteiger partial charge on any atom is 0.226 e. The Balaban J connectivity index is 2.79. The van der Waals surface area contributed by atoms with Crippen molar-refractivity contribution in [3.05, 3.63) is 0 Å². The van der Waals surface area contributed by atoms with E-state index in [1.807, 2.05) is 11.8 Å². The van der Waals surface area contributed by atoms with Gasteiger partial charge in [-0.2, -0.15) is 0 Å². The van der Waals surface area contributed by atoms with Crippen molar-refractivity contribution in [3.8, 4) is 0 Å². The fourth-order valence-electron chi connectivity index (χ4n) is 3.20. The summed E-state index contributed by atoms with van der Waals surface area (Å²) >= 11 is 0. The van der Waals surface area contributed by atoms with Crippen LogP contribution in [0.25, 0.3) is 0 Å². The summed E-state index contributed by atoms with van der Waals surface area (Å²) in [6.45, 7) is 10.00. The van der Waals surface area contributed by atoms with Crippen molar-refractivity contribution in [2.24, 2.45) is 23.0 Å². The molecular formula is C15H30N2O2. The lowest BCUT2D eigenvalue weighted by Gasteiger charge is -2.47. The maximum absolute atomic E-state index is 12.7. The smallest absolute Gasteiger partial charge is 0.226 e. The van der Waals surface area contributed by atoms with Crippen molar-refractivity contribution in [2.45, 2.75) is 53.0 Å². The first-order valence-electron chi connectivity index (χ1n) is 7.51. The van der Waals surface area contributed by atoms with Crippen molar-refractivity contribution >= 4 is 5.91 Å². The molecule has 1 aliphatic rings. The van der Waals surface area contributed by atoms with Crippen LogP contribution < -0.4 is 5.73 Å². The molecule has 0 heterocycles. The maximum atomic E-state index is 12.7. The summed E-state index contributed by atoms with van der Waals surface area (Å²) in [5, 5.41) is 8.93. The highest BCUT2D eigenvalue weighted by atomic mass is 16.3. The van der Waals surface area contributed by atoms with Gasteiger partial charge < -0.3 is 15.7 Å². The Labute approximate surface area is 117 Å². The fraction of sp³-hybridized carbons (Fsp3) is 0.933. The van der Waals surface area contributed by atoms with E-state index in [9.17, 15) is 4.79 Å². The normalized spacial score (nSPS) is 30.1. The Hall–Kier alpha value is -0.610. The number of carbonyl (C=O) groups excluding carboxylic acids is 1. The van der Waals surface area contributed by atoms with Gasteiger partial charge in [-0.05, 0) is 37.5 Å². The topological polar surface area (TPSA) is 66.6 Å². The van der Waals surface area contributed by atoms with E-state index in [4.69, 9.17) is 10.8 Å². The number of hydrogen-bond acceptors (Lipinski definition) is 3. The summed E-state index contributed by atoms with van der Waals surface area (Å²) in [5.74, 6) is 0.646. The molecule has 0 radical (unpaired) electrons. The van der Waals surface area contributed by atoms with Gasteiger partial charge in [0.2, 0.25) is 5.91 Å². The van der Waals surface area contributed by atoms with E-state index in [-0.39, 0.29) is 29.9 Å².